The zero-order valence-corrected chi connectivity index (χ0v) is 15.4. The molecular weight excluding hydrogens is 334 g/mol. The highest BCUT2D eigenvalue weighted by Gasteiger charge is 2.13. The molecule has 0 heterocycles. The third-order valence-electron chi connectivity index (χ3n) is 3.60. The maximum absolute atomic E-state index is 10.9. The SMILES string of the molecule is CN(C)C(=N)N=C(N)N.COc1ccc2cc(C(C)C(=O)O)ccc2c1. The van der Waals surface area contributed by atoms with E-state index in [1.807, 2.05) is 36.4 Å². The van der Waals surface area contributed by atoms with Crippen LogP contribution in [-0.4, -0.2) is 49.1 Å². The van der Waals surface area contributed by atoms with Gasteiger partial charge in [-0.2, -0.15) is 4.99 Å². The first-order valence-electron chi connectivity index (χ1n) is 7.81. The fraction of sp³-hybridized carbons (Fsp3) is 0.278. The maximum atomic E-state index is 10.9. The Bertz CT molecular complexity index is 814. The number of nitrogens with one attached hydrogen (secondary N) is 1. The molecule has 0 aliphatic heterocycles. The number of aliphatic imine (C=N–C) groups is 1. The van der Waals surface area contributed by atoms with E-state index in [0.29, 0.717) is 0 Å². The number of rotatable bonds is 3. The van der Waals surface area contributed by atoms with Gasteiger partial charge in [-0.3, -0.25) is 10.2 Å². The Hall–Kier alpha value is -3.29. The van der Waals surface area contributed by atoms with E-state index in [4.69, 9.17) is 26.7 Å². The second kappa shape index (κ2) is 9.26. The molecule has 8 heteroatoms. The number of ether oxygens (including phenoxy) is 1. The molecule has 0 fully saturated rings. The van der Waals surface area contributed by atoms with Gasteiger partial charge in [0, 0.05) is 14.1 Å². The van der Waals surface area contributed by atoms with E-state index < -0.39 is 11.9 Å². The number of carboxylic acids is 1. The lowest BCUT2D eigenvalue weighted by Gasteiger charge is -2.08. The number of hydrogen-bond acceptors (Lipinski definition) is 3. The van der Waals surface area contributed by atoms with Crippen LogP contribution in [0.15, 0.2) is 41.4 Å². The van der Waals surface area contributed by atoms with Gasteiger partial charge < -0.3 is 26.2 Å². The second-order valence-electron chi connectivity index (χ2n) is 5.79. The average Bonchev–Trinajstić information content (AvgIpc) is 2.59. The maximum Gasteiger partial charge on any atom is 0.310 e. The highest BCUT2D eigenvalue weighted by Crippen LogP contribution is 2.25. The van der Waals surface area contributed by atoms with Gasteiger partial charge in [-0.15, -0.1) is 0 Å². The van der Waals surface area contributed by atoms with E-state index >= 15 is 0 Å². The molecule has 0 radical (unpaired) electrons. The minimum absolute atomic E-state index is 0.0509. The van der Waals surface area contributed by atoms with Crippen LogP contribution in [0.25, 0.3) is 10.8 Å². The van der Waals surface area contributed by atoms with E-state index in [2.05, 4.69) is 4.99 Å². The fourth-order valence-electron chi connectivity index (χ4n) is 2.00. The number of guanidine groups is 2. The highest BCUT2D eigenvalue weighted by molar-refractivity contribution is 5.91. The molecule has 0 aliphatic rings. The summed E-state index contributed by atoms with van der Waals surface area (Å²) < 4.78 is 5.14. The average molecular weight is 359 g/mol. The molecule has 140 valence electrons. The van der Waals surface area contributed by atoms with Crippen molar-refractivity contribution in [2.45, 2.75) is 12.8 Å². The minimum Gasteiger partial charge on any atom is -0.497 e. The summed E-state index contributed by atoms with van der Waals surface area (Å²) in [6.07, 6.45) is 0. The molecule has 2 aromatic carbocycles. The van der Waals surface area contributed by atoms with Crippen LogP contribution >= 0.6 is 0 Å². The number of aliphatic carboxylic acids is 1. The normalized spacial score (nSPS) is 10.9. The smallest absolute Gasteiger partial charge is 0.310 e. The monoisotopic (exact) mass is 359 g/mol. The number of nitrogens with two attached hydrogens (primary N) is 2. The third-order valence-corrected chi connectivity index (χ3v) is 3.60. The Kier molecular flexibility index (Phi) is 7.39. The molecule has 2 aromatic rings. The van der Waals surface area contributed by atoms with Crippen molar-refractivity contribution < 1.29 is 14.6 Å². The van der Waals surface area contributed by atoms with E-state index in [1.165, 1.54) is 4.90 Å². The van der Waals surface area contributed by atoms with Gasteiger partial charge >= 0.3 is 5.97 Å². The number of nitrogens with zero attached hydrogens (tertiary/aromatic N) is 2. The van der Waals surface area contributed by atoms with Crippen LogP contribution in [0.4, 0.5) is 0 Å². The van der Waals surface area contributed by atoms with Crippen molar-refractivity contribution in [2.75, 3.05) is 21.2 Å². The van der Waals surface area contributed by atoms with Crippen LogP contribution in [0, 0.1) is 5.41 Å². The van der Waals surface area contributed by atoms with Gasteiger partial charge in [0.1, 0.15) is 5.75 Å². The van der Waals surface area contributed by atoms with Gasteiger partial charge in [0.25, 0.3) is 0 Å². The minimum atomic E-state index is -0.808. The molecular formula is C18H25N5O3. The molecule has 8 nitrogen and oxygen atoms in total. The van der Waals surface area contributed by atoms with Crippen molar-refractivity contribution in [3.05, 3.63) is 42.0 Å². The summed E-state index contributed by atoms with van der Waals surface area (Å²) in [4.78, 5) is 15.9. The van der Waals surface area contributed by atoms with E-state index in [0.717, 1.165) is 22.1 Å². The molecule has 0 bridgehead atoms. The van der Waals surface area contributed by atoms with Crippen LogP contribution in [0.3, 0.4) is 0 Å². The van der Waals surface area contributed by atoms with E-state index in [1.54, 1.807) is 28.1 Å². The van der Waals surface area contributed by atoms with E-state index in [9.17, 15) is 4.79 Å². The molecule has 6 N–H and O–H groups in total. The molecule has 0 saturated carbocycles. The fourth-order valence-corrected chi connectivity index (χ4v) is 2.00. The molecule has 0 saturated heterocycles. The van der Waals surface area contributed by atoms with Gasteiger partial charge in [0.05, 0.1) is 13.0 Å². The molecule has 1 atom stereocenters. The van der Waals surface area contributed by atoms with Crippen LogP contribution in [0.1, 0.15) is 18.4 Å². The topological polar surface area (TPSA) is 138 Å². The predicted octanol–water partition coefficient (Wildman–Crippen LogP) is 1.79. The van der Waals surface area contributed by atoms with Crippen LogP contribution < -0.4 is 16.2 Å². The summed E-state index contributed by atoms with van der Waals surface area (Å²) in [6, 6.07) is 11.4. The molecule has 1 unspecified atom stereocenters. The first kappa shape index (κ1) is 20.8. The zero-order chi connectivity index (χ0) is 19.9. The van der Waals surface area contributed by atoms with Gasteiger partial charge in [-0.1, -0.05) is 24.3 Å². The Balaban J connectivity index is 0.000000321. The zero-order valence-electron chi connectivity index (χ0n) is 15.4. The summed E-state index contributed by atoms with van der Waals surface area (Å²) in [5.74, 6) is -0.528. The van der Waals surface area contributed by atoms with Crippen molar-refractivity contribution in [1.82, 2.24) is 4.90 Å². The number of benzene rings is 2. The lowest BCUT2D eigenvalue weighted by atomic mass is 9.98. The summed E-state index contributed by atoms with van der Waals surface area (Å²) >= 11 is 0. The Morgan fingerprint density at radius 1 is 1.19 bits per heavy atom. The van der Waals surface area contributed by atoms with Crippen molar-refractivity contribution in [3.8, 4) is 5.75 Å². The number of hydrogen-bond donors (Lipinski definition) is 4. The highest BCUT2D eigenvalue weighted by atomic mass is 16.5. The quantitative estimate of drug-likeness (QED) is 0.487. The second-order valence-corrected chi connectivity index (χ2v) is 5.79. The van der Waals surface area contributed by atoms with Gasteiger partial charge in [0.2, 0.25) is 5.96 Å². The van der Waals surface area contributed by atoms with Crippen molar-refractivity contribution in [3.63, 3.8) is 0 Å². The standard InChI is InChI=1S/C14H14O3.C4H11N5/c1-9(14(15)16)10-3-4-12-8-13(17-2)6-5-11(12)7-10;1-9(2)4(7)8-3(5)6/h3-9H,1-2H3,(H,15,16);1-2H3,(H5,5,6,7,8). The number of methoxy groups -OCH3 is 1. The summed E-state index contributed by atoms with van der Waals surface area (Å²) in [7, 11) is 5.01. The summed E-state index contributed by atoms with van der Waals surface area (Å²) in [5, 5.41) is 18.1. The van der Waals surface area contributed by atoms with Gasteiger partial charge in [-0.05, 0) is 35.4 Å². The molecule has 26 heavy (non-hydrogen) atoms. The summed E-state index contributed by atoms with van der Waals surface area (Å²) in [6.45, 7) is 1.69. The largest absolute Gasteiger partial charge is 0.497 e. The molecule has 0 spiro atoms. The van der Waals surface area contributed by atoms with Crippen molar-refractivity contribution in [1.29, 1.82) is 5.41 Å². The number of carbonyl (C=O) groups is 1. The van der Waals surface area contributed by atoms with Crippen LogP contribution in [-0.2, 0) is 4.79 Å². The van der Waals surface area contributed by atoms with Crippen LogP contribution in [0.2, 0.25) is 0 Å². The first-order valence-corrected chi connectivity index (χ1v) is 7.81. The number of fused-ring (bicyclic) bond motifs is 1. The first-order chi connectivity index (χ1) is 12.1. The van der Waals surface area contributed by atoms with Gasteiger partial charge in [0.15, 0.2) is 5.96 Å². The Labute approximate surface area is 152 Å². The molecule has 0 aromatic heterocycles. The Morgan fingerprint density at radius 2 is 1.77 bits per heavy atom. The van der Waals surface area contributed by atoms with Crippen molar-refractivity contribution >= 4 is 28.7 Å². The number of carboxylic acid groups (broad SMARTS) is 1. The van der Waals surface area contributed by atoms with Crippen LogP contribution in [0.5, 0.6) is 5.75 Å². The Morgan fingerprint density at radius 3 is 2.23 bits per heavy atom. The van der Waals surface area contributed by atoms with Gasteiger partial charge in [-0.25, -0.2) is 0 Å². The lowest BCUT2D eigenvalue weighted by Crippen LogP contribution is -2.28. The summed E-state index contributed by atoms with van der Waals surface area (Å²) in [5.41, 5.74) is 10.8. The molecule has 2 rings (SSSR count). The molecule has 0 aliphatic carbocycles. The van der Waals surface area contributed by atoms with E-state index in [-0.39, 0.29) is 11.9 Å². The lowest BCUT2D eigenvalue weighted by molar-refractivity contribution is -0.138. The predicted molar refractivity (Wildman–Crippen MR) is 104 cm³/mol. The third kappa shape index (κ3) is 5.97. The van der Waals surface area contributed by atoms with Crippen molar-refractivity contribution in [2.24, 2.45) is 16.5 Å². The molecule has 0 amide bonds.